The van der Waals surface area contributed by atoms with Crippen LogP contribution < -0.4 is 10.6 Å². The number of aryl methyl sites for hydroxylation is 1. The minimum absolute atomic E-state index is 0.157. The molecule has 0 saturated heterocycles. The van der Waals surface area contributed by atoms with Crippen molar-refractivity contribution in [2.24, 2.45) is 0 Å². The Balaban J connectivity index is 1.70. The lowest BCUT2D eigenvalue weighted by atomic mass is 10.0. The van der Waals surface area contributed by atoms with Crippen molar-refractivity contribution in [2.75, 3.05) is 24.4 Å². The van der Waals surface area contributed by atoms with Gasteiger partial charge in [0.15, 0.2) is 0 Å². The number of benzene rings is 3. The number of anilines is 2. The van der Waals surface area contributed by atoms with Crippen molar-refractivity contribution in [1.29, 1.82) is 5.26 Å². The van der Waals surface area contributed by atoms with Crippen LogP contribution in [-0.2, 0) is 17.7 Å². The molecular formula is C25H26BrN3O. The number of hydrogen-bond donors (Lipinski definition) is 2. The summed E-state index contributed by atoms with van der Waals surface area (Å²) in [5, 5.41) is 16.2. The summed E-state index contributed by atoms with van der Waals surface area (Å²) in [6, 6.07) is 24.9. The number of ether oxygens (including phenoxy) is 1. The van der Waals surface area contributed by atoms with E-state index in [-0.39, 0.29) is 6.04 Å². The van der Waals surface area contributed by atoms with E-state index in [1.165, 1.54) is 11.1 Å². The Labute approximate surface area is 187 Å². The second-order valence-electron chi connectivity index (χ2n) is 7.31. The Hall–Kier alpha value is -2.81. The highest BCUT2D eigenvalue weighted by atomic mass is 79.9. The minimum atomic E-state index is 0.157. The van der Waals surface area contributed by atoms with Gasteiger partial charge in [0.2, 0.25) is 0 Å². The van der Waals surface area contributed by atoms with Crippen molar-refractivity contribution in [3.05, 3.63) is 93.5 Å². The minimum Gasteiger partial charge on any atom is -0.383 e. The molecule has 0 aliphatic rings. The molecule has 0 amide bonds. The molecule has 154 valence electrons. The molecule has 3 aromatic carbocycles. The van der Waals surface area contributed by atoms with Crippen LogP contribution in [0.15, 0.2) is 71.2 Å². The molecule has 0 heterocycles. The van der Waals surface area contributed by atoms with Crippen molar-refractivity contribution in [3.8, 4) is 6.07 Å². The molecule has 1 atom stereocenters. The second-order valence-corrected chi connectivity index (χ2v) is 8.17. The van der Waals surface area contributed by atoms with Gasteiger partial charge in [-0.1, -0.05) is 48.0 Å². The number of nitriles is 1. The van der Waals surface area contributed by atoms with Crippen LogP contribution in [-0.4, -0.2) is 19.8 Å². The molecule has 4 nitrogen and oxygen atoms in total. The molecule has 0 aromatic heterocycles. The van der Waals surface area contributed by atoms with E-state index in [0.717, 1.165) is 27.8 Å². The Morgan fingerprint density at radius 1 is 1.00 bits per heavy atom. The van der Waals surface area contributed by atoms with Crippen LogP contribution >= 0.6 is 15.9 Å². The lowest BCUT2D eigenvalue weighted by Crippen LogP contribution is -2.28. The summed E-state index contributed by atoms with van der Waals surface area (Å²) < 4.78 is 6.28. The maximum Gasteiger partial charge on any atom is 0.100 e. The highest BCUT2D eigenvalue weighted by Gasteiger charge is 2.12. The first-order chi connectivity index (χ1) is 14.6. The molecule has 0 radical (unpaired) electrons. The summed E-state index contributed by atoms with van der Waals surface area (Å²) in [4.78, 5) is 0. The SMILES string of the molecule is COCC(Cc1ccc(C)cc1)Nc1ccccc1NCc1ccc(C#N)c(Br)c1. The molecule has 1 unspecified atom stereocenters. The van der Waals surface area contributed by atoms with Crippen molar-refractivity contribution >= 4 is 27.3 Å². The molecule has 0 fully saturated rings. The molecule has 2 N–H and O–H groups in total. The summed E-state index contributed by atoms with van der Waals surface area (Å²) in [6.07, 6.45) is 0.880. The highest BCUT2D eigenvalue weighted by Crippen LogP contribution is 2.24. The average Bonchev–Trinajstić information content (AvgIpc) is 2.75. The Morgan fingerprint density at radius 3 is 2.37 bits per heavy atom. The monoisotopic (exact) mass is 463 g/mol. The Bertz CT molecular complexity index is 1010. The molecule has 30 heavy (non-hydrogen) atoms. The standard InChI is InChI=1S/C25H26BrN3O/c1-18-7-9-19(10-8-18)13-22(17-30-2)29-25-6-4-3-5-24(25)28-16-20-11-12-21(15-27)23(26)14-20/h3-12,14,22,28-29H,13,16-17H2,1-2H3. The van der Waals surface area contributed by atoms with Crippen LogP contribution in [0, 0.1) is 18.3 Å². The molecule has 3 aromatic rings. The Kier molecular flexibility index (Phi) is 7.89. The molecule has 0 bridgehead atoms. The summed E-state index contributed by atoms with van der Waals surface area (Å²) in [5.74, 6) is 0. The molecule has 5 heteroatoms. The topological polar surface area (TPSA) is 57.1 Å². The van der Waals surface area contributed by atoms with E-state index in [9.17, 15) is 0 Å². The summed E-state index contributed by atoms with van der Waals surface area (Å²) >= 11 is 3.46. The zero-order chi connectivity index (χ0) is 21.3. The maximum atomic E-state index is 9.09. The number of methoxy groups -OCH3 is 1. The molecule has 0 aliphatic heterocycles. The molecule has 0 aliphatic carbocycles. The highest BCUT2D eigenvalue weighted by molar-refractivity contribution is 9.10. The van der Waals surface area contributed by atoms with Gasteiger partial charge in [0.05, 0.1) is 29.6 Å². The number of nitrogens with zero attached hydrogens (tertiary/aromatic N) is 1. The fraction of sp³-hybridized carbons (Fsp3) is 0.240. The van der Waals surface area contributed by atoms with Crippen LogP contribution in [0.5, 0.6) is 0 Å². The van der Waals surface area contributed by atoms with Crippen molar-refractivity contribution < 1.29 is 4.74 Å². The fourth-order valence-corrected chi connectivity index (χ4v) is 3.82. The average molecular weight is 464 g/mol. The maximum absolute atomic E-state index is 9.09. The van der Waals surface area contributed by atoms with E-state index in [0.29, 0.717) is 18.7 Å². The lowest BCUT2D eigenvalue weighted by molar-refractivity contribution is 0.185. The van der Waals surface area contributed by atoms with E-state index in [4.69, 9.17) is 10.00 Å². The summed E-state index contributed by atoms with van der Waals surface area (Å²) in [5.41, 5.74) is 6.35. The van der Waals surface area contributed by atoms with Gasteiger partial charge >= 0.3 is 0 Å². The van der Waals surface area contributed by atoms with Gasteiger partial charge in [-0.3, -0.25) is 0 Å². The number of rotatable bonds is 9. The van der Waals surface area contributed by atoms with Gasteiger partial charge in [0, 0.05) is 18.1 Å². The van der Waals surface area contributed by atoms with Crippen LogP contribution in [0.25, 0.3) is 0 Å². The van der Waals surface area contributed by atoms with Crippen molar-refractivity contribution in [3.63, 3.8) is 0 Å². The number of hydrogen-bond acceptors (Lipinski definition) is 4. The predicted molar refractivity (Wildman–Crippen MR) is 127 cm³/mol. The van der Waals surface area contributed by atoms with Gasteiger partial charge in [-0.15, -0.1) is 0 Å². The number of nitrogens with one attached hydrogen (secondary N) is 2. The van der Waals surface area contributed by atoms with Gasteiger partial charge in [0.25, 0.3) is 0 Å². The first-order valence-electron chi connectivity index (χ1n) is 9.91. The quantitative estimate of drug-likeness (QED) is 0.413. The fourth-order valence-electron chi connectivity index (χ4n) is 3.30. The van der Waals surface area contributed by atoms with Crippen LogP contribution in [0.1, 0.15) is 22.3 Å². The third-order valence-electron chi connectivity index (χ3n) is 4.89. The first kappa shape index (κ1) is 21.9. The van der Waals surface area contributed by atoms with Gasteiger partial charge in [0.1, 0.15) is 6.07 Å². The van der Waals surface area contributed by atoms with E-state index >= 15 is 0 Å². The van der Waals surface area contributed by atoms with Crippen molar-refractivity contribution in [2.45, 2.75) is 25.9 Å². The van der Waals surface area contributed by atoms with E-state index in [2.05, 4.69) is 76.0 Å². The van der Waals surface area contributed by atoms with Crippen LogP contribution in [0.4, 0.5) is 11.4 Å². The normalized spacial score (nSPS) is 11.5. The Morgan fingerprint density at radius 2 is 1.70 bits per heavy atom. The summed E-state index contributed by atoms with van der Waals surface area (Å²) in [6.45, 7) is 3.38. The summed E-state index contributed by atoms with van der Waals surface area (Å²) in [7, 11) is 1.73. The van der Waals surface area contributed by atoms with Crippen molar-refractivity contribution in [1.82, 2.24) is 0 Å². The lowest BCUT2D eigenvalue weighted by Gasteiger charge is -2.22. The van der Waals surface area contributed by atoms with E-state index in [1.54, 1.807) is 7.11 Å². The van der Waals surface area contributed by atoms with E-state index < -0.39 is 0 Å². The smallest absolute Gasteiger partial charge is 0.100 e. The third-order valence-corrected chi connectivity index (χ3v) is 5.55. The molecule has 0 spiro atoms. The zero-order valence-corrected chi connectivity index (χ0v) is 18.9. The predicted octanol–water partition coefficient (Wildman–Crippen LogP) is 5.91. The van der Waals surface area contributed by atoms with Gasteiger partial charge in [-0.25, -0.2) is 0 Å². The van der Waals surface area contributed by atoms with Crippen LogP contribution in [0.2, 0.25) is 0 Å². The van der Waals surface area contributed by atoms with Gasteiger partial charge in [-0.2, -0.15) is 5.26 Å². The third kappa shape index (κ3) is 6.09. The van der Waals surface area contributed by atoms with Gasteiger partial charge < -0.3 is 15.4 Å². The molecular weight excluding hydrogens is 438 g/mol. The number of para-hydroxylation sites is 2. The van der Waals surface area contributed by atoms with Gasteiger partial charge in [-0.05, 0) is 64.7 Å². The van der Waals surface area contributed by atoms with E-state index in [1.807, 2.05) is 30.3 Å². The number of halogens is 1. The van der Waals surface area contributed by atoms with Crippen LogP contribution in [0.3, 0.4) is 0 Å². The first-order valence-corrected chi connectivity index (χ1v) is 10.7. The molecule has 3 rings (SSSR count). The zero-order valence-electron chi connectivity index (χ0n) is 17.3. The molecule has 0 saturated carbocycles. The largest absolute Gasteiger partial charge is 0.383 e. The second kappa shape index (κ2) is 10.8.